The van der Waals surface area contributed by atoms with E-state index >= 15 is 0 Å². The zero-order valence-electron chi connectivity index (χ0n) is 11.2. The Morgan fingerprint density at radius 1 is 1.11 bits per heavy atom. The van der Waals surface area contributed by atoms with Gasteiger partial charge in [-0.05, 0) is 25.7 Å². The molecule has 1 aromatic rings. The summed E-state index contributed by atoms with van der Waals surface area (Å²) in [6, 6.07) is 0. The second-order valence-electron chi connectivity index (χ2n) is 5.77. The quantitative estimate of drug-likeness (QED) is 0.889. The molecule has 0 spiro atoms. The monoisotopic (exact) mass is 263 g/mol. The zero-order valence-corrected chi connectivity index (χ0v) is 11.2. The number of carbonyl (C=O) groups is 1. The van der Waals surface area contributed by atoms with E-state index in [-0.39, 0.29) is 11.8 Å². The molecule has 0 amide bonds. The predicted octanol–water partition coefficient (Wildman–Crippen LogP) is 2.36. The first kappa shape index (κ1) is 12.6. The van der Waals surface area contributed by atoms with Crippen LogP contribution in [-0.4, -0.2) is 25.8 Å². The molecule has 5 heteroatoms. The van der Waals surface area contributed by atoms with Crippen molar-refractivity contribution < 1.29 is 9.90 Å². The summed E-state index contributed by atoms with van der Waals surface area (Å²) in [6.07, 6.45) is 8.39. The van der Waals surface area contributed by atoms with Gasteiger partial charge < -0.3 is 9.67 Å². The van der Waals surface area contributed by atoms with E-state index in [1.165, 1.54) is 12.8 Å². The maximum atomic E-state index is 11.4. The van der Waals surface area contributed by atoms with Crippen LogP contribution in [0.5, 0.6) is 0 Å². The molecule has 2 unspecified atom stereocenters. The van der Waals surface area contributed by atoms with Gasteiger partial charge in [0.25, 0.3) is 0 Å². The van der Waals surface area contributed by atoms with E-state index in [0.717, 1.165) is 56.7 Å². The number of nitrogens with zero attached hydrogens (tertiary/aromatic N) is 3. The van der Waals surface area contributed by atoms with Gasteiger partial charge in [0.1, 0.15) is 11.6 Å². The Kier molecular flexibility index (Phi) is 3.53. The van der Waals surface area contributed by atoms with Crippen LogP contribution in [0.4, 0.5) is 0 Å². The molecule has 1 aromatic heterocycles. The topological polar surface area (TPSA) is 68.0 Å². The molecule has 1 saturated carbocycles. The van der Waals surface area contributed by atoms with E-state index in [4.69, 9.17) is 0 Å². The highest BCUT2D eigenvalue weighted by atomic mass is 16.4. The molecule has 104 valence electrons. The standard InChI is InChI=1S/C14H21N3O2/c18-14(19)11-7-4-3-6-10(11)13-16-15-12-8-2-1-5-9-17(12)13/h10-11H,1-9H2,(H,18,19). The molecule has 1 aliphatic carbocycles. The number of aromatic nitrogens is 3. The average Bonchev–Trinajstić information content (AvgIpc) is 2.67. The van der Waals surface area contributed by atoms with Gasteiger partial charge in [-0.25, -0.2) is 0 Å². The highest BCUT2D eigenvalue weighted by Gasteiger charge is 2.35. The molecular weight excluding hydrogens is 242 g/mol. The van der Waals surface area contributed by atoms with E-state index in [0.29, 0.717) is 0 Å². The van der Waals surface area contributed by atoms with E-state index < -0.39 is 5.97 Å². The van der Waals surface area contributed by atoms with Crippen molar-refractivity contribution in [1.29, 1.82) is 0 Å². The molecule has 1 fully saturated rings. The van der Waals surface area contributed by atoms with E-state index in [9.17, 15) is 9.90 Å². The van der Waals surface area contributed by atoms with Gasteiger partial charge in [0.15, 0.2) is 0 Å². The summed E-state index contributed by atoms with van der Waals surface area (Å²) in [5.74, 6) is 1.11. The number of hydrogen-bond acceptors (Lipinski definition) is 3. The van der Waals surface area contributed by atoms with Crippen LogP contribution in [0, 0.1) is 5.92 Å². The summed E-state index contributed by atoms with van der Waals surface area (Å²) in [5.41, 5.74) is 0. The Morgan fingerprint density at radius 3 is 2.79 bits per heavy atom. The largest absolute Gasteiger partial charge is 0.481 e. The van der Waals surface area contributed by atoms with Gasteiger partial charge in [-0.3, -0.25) is 4.79 Å². The number of carboxylic acids is 1. The molecule has 1 aliphatic heterocycles. The molecule has 0 saturated heterocycles. The van der Waals surface area contributed by atoms with E-state index in [2.05, 4.69) is 14.8 Å². The second kappa shape index (κ2) is 5.31. The minimum atomic E-state index is -0.671. The number of aliphatic carboxylic acids is 1. The van der Waals surface area contributed by atoms with E-state index in [1.54, 1.807) is 0 Å². The van der Waals surface area contributed by atoms with Gasteiger partial charge in [-0.2, -0.15) is 0 Å². The molecule has 0 aromatic carbocycles. The molecule has 0 radical (unpaired) electrons. The molecular formula is C14H21N3O2. The fourth-order valence-electron chi connectivity index (χ4n) is 3.52. The SMILES string of the molecule is O=C(O)C1CCCCC1c1nnc2n1CCCCC2. The van der Waals surface area contributed by atoms with Crippen LogP contribution in [0.3, 0.4) is 0 Å². The molecule has 2 aliphatic rings. The maximum Gasteiger partial charge on any atom is 0.307 e. The van der Waals surface area contributed by atoms with Gasteiger partial charge in [-0.1, -0.05) is 19.3 Å². The van der Waals surface area contributed by atoms with Gasteiger partial charge in [0.2, 0.25) is 0 Å². The zero-order chi connectivity index (χ0) is 13.2. The first-order valence-electron chi connectivity index (χ1n) is 7.42. The Labute approximate surface area is 113 Å². The fraction of sp³-hybridized carbons (Fsp3) is 0.786. The Morgan fingerprint density at radius 2 is 1.95 bits per heavy atom. The minimum Gasteiger partial charge on any atom is -0.481 e. The minimum absolute atomic E-state index is 0.0607. The Hall–Kier alpha value is -1.39. The molecule has 3 rings (SSSR count). The Bertz CT molecular complexity index is 469. The van der Waals surface area contributed by atoms with Gasteiger partial charge >= 0.3 is 5.97 Å². The van der Waals surface area contributed by atoms with Gasteiger partial charge in [0.05, 0.1) is 5.92 Å². The first-order chi connectivity index (χ1) is 9.27. The average molecular weight is 263 g/mol. The second-order valence-corrected chi connectivity index (χ2v) is 5.77. The normalized spacial score (nSPS) is 27.6. The molecule has 19 heavy (non-hydrogen) atoms. The first-order valence-corrected chi connectivity index (χ1v) is 7.42. The van der Waals surface area contributed by atoms with Crippen LogP contribution in [0.2, 0.25) is 0 Å². The van der Waals surface area contributed by atoms with Gasteiger partial charge in [0, 0.05) is 18.9 Å². The number of hydrogen-bond donors (Lipinski definition) is 1. The third kappa shape index (κ3) is 2.38. The lowest BCUT2D eigenvalue weighted by Gasteiger charge is -2.28. The predicted molar refractivity (Wildman–Crippen MR) is 69.9 cm³/mol. The van der Waals surface area contributed by atoms with Crippen LogP contribution in [0.1, 0.15) is 62.5 Å². The highest BCUT2D eigenvalue weighted by molar-refractivity contribution is 5.71. The summed E-state index contributed by atoms with van der Waals surface area (Å²) in [4.78, 5) is 11.4. The lowest BCUT2D eigenvalue weighted by atomic mass is 9.78. The number of rotatable bonds is 2. The van der Waals surface area contributed by atoms with Crippen LogP contribution in [0.15, 0.2) is 0 Å². The molecule has 2 atom stereocenters. The van der Waals surface area contributed by atoms with Crippen molar-refractivity contribution >= 4 is 5.97 Å². The van der Waals surface area contributed by atoms with Crippen molar-refractivity contribution in [3.05, 3.63) is 11.6 Å². The lowest BCUT2D eigenvalue weighted by Crippen LogP contribution is -2.28. The lowest BCUT2D eigenvalue weighted by molar-refractivity contribution is -0.143. The Balaban J connectivity index is 1.92. The third-order valence-electron chi connectivity index (χ3n) is 4.55. The van der Waals surface area contributed by atoms with Crippen LogP contribution < -0.4 is 0 Å². The van der Waals surface area contributed by atoms with Crippen molar-refractivity contribution in [2.45, 2.75) is 63.8 Å². The van der Waals surface area contributed by atoms with E-state index in [1.807, 2.05) is 0 Å². The third-order valence-corrected chi connectivity index (χ3v) is 4.55. The summed E-state index contributed by atoms with van der Waals surface area (Å²) < 4.78 is 2.21. The summed E-state index contributed by atoms with van der Waals surface area (Å²) in [6.45, 7) is 0.959. The number of aryl methyl sites for hydroxylation is 1. The van der Waals surface area contributed by atoms with Crippen molar-refractivity contribution in [3.63, 3.8) is 0 Å². The van der Waals surface area contributed by atoms with Crippen LogP contribution >= 0.6 is 0 Å². The summed E-state index contributed by atoms with van der Waals surface area (Å²) in [5, 5.41) is 18.1. The molecule has 1 N–H and O–H groups in total. The van der Waals surface area contributed by atoms with Crippen LogP contribution in [-0.2, 0) is 17.8 Å². The summed E-state index contributed by atoms with van der Waals surface area (Å²) >= 11 is 0. The fourth-order valence-corrected chi connectivity index (χ4v) is 3.52. The van der Waals surface area contributed by atoms with Crippen LogP contribution in [0.25, 0.3) is 0 Å². The molecule has 0 bridgehead atoms. The summed E-state index contributed by atoms with van der Waals surface area (Å²) in [7, 11) is 0. The number of fused-ring (bicyclic) bond motifs is 1. The smallest absolute Gasteiger partial charge is 0.307 e. The van der Waals surface area contributed by atoms with Crippen molar-refractivity contribution in [2.24, 2.45) is 5.92 Å². The van der Waals surface area contributed by atoms with Crippen molar-refractivity contribution in [1.82, 2.24) is 14.8 Å². The molecule has 2 heterocycles. The highest BCUT2D eigenvalue weighted by Crippen LogP contribution is 2.37. The van der Waals surface area contributed by atoms with Crippen molar-refractivity contribution in [2.75, 3.05) is 0 Å². The molecule has 5 nitrogen and oxygen atoms in total. The number of carboxylic acid groups (broad SMARTS) is 1. The maximum absolute atomic E-state index is 11.4. The van der Waals surface area contributed by atoms with Gasteiger partial charge in [-0.15, -0.1) is 10.2 Å². The van der Waals surface area contributed by atoms with Crippen molar-refractivity contribution in [3.8, 4) is 0 Å².